The lowest BCUT2D eigenvalue weighted by Gasteiger charge is -2.17. The van der Waals surface area contributed by atoms with Gasteiger partial charge in [0.15, 0.2) is 5.82 Å². The van der Waals surface area contributed by atoms with Gasteiger partial charge >= 0.3 is 0 Å². The first kappa shape index (κ1) is 14.7. The zero-order valence-corrected chi connectivity index (χ0v) is 12.2. The van der Waals surface area contributed by atoms with Crippen LogP contribution < -0.4 is 5.32 Å². The lowest BCUT2D eigenvalue weighted by molar-refractivity contribution is 0.138. The summed E-state index contributed by atoms with van der Waals surface area (Å²) in [5.41, 5.74) is 2.49. The Morgan fingerprint density at radius 3 is 2.65 bits per heavy atom. The summed E-state index contributed by atoms with van der Waals surface area (Å²) in [6.45, 7) is 4.70. The third-order valence-corrected chi connectivity index (χ3v) is 4.11. The molecule has 2 rings (SSSR count). The van der Waals surface area contributed by atoms with Crippen LogP contribution >= 0.6 is 0 Å². The molecule has 1 heterocycles. The van der Waals surface area contributed by atoms with E-state index < -0.39 is 0 Å². The number of aliphatic hydroxyl groups is 1. The van der Waals surface area contributed by atoms with Crippen molar-refractivity contribution in [1.29, 1.82) is 5.26 Å². The predicted molar refractivity (Wildman–Crippen MR) is 77.3 cm³/mol. The second kappa shape index (κ2) is 6.67. The van der Waals surface area contributed by atoms with Crippen LogP contribution in [0.3, 0.4) is 0 Å². The van der Waals surface area contributed by atoms with Gasteiger partial charge in [0.05, 0.1) is 11.8 Å². The summed E-state index contributed by atoms with van der Waals surface area (Å²) < 4.78 is 0. The van der Waals surface area contributed by atoms with E-state index in [0.29, 0.717) is 17.9 Å². The van der Waals surface area contributed by atoms with Crippen molar-refractivity contribution in [3.05, 3.63) is 16.8 Å². The highest BCUT2D eigenvalue weighted by Gasteiger charge is 2.25. The number of nitriles is 1. The first-order valence-corrected chi connectivity index (χ1v) is 7.41. The van der Waals surface area contributed by atoms with Gasteiger partial charge in [-0.05, 0) is 31.2 Å². The second-order valence-electron chi connectivity index (χ2n) is 5.31. The minimum atomic E-state index is -0.235. The molecule has 5 heteroatoms. The van der Waals surface area contributed by atoms with Crippen LogP contribution in [0, 0.1) is 17.2 Å². The molecule has 1 saturated carbocycles. The SMILES string of the molecule is CCc1nnc(NCC2CCCC2O)c(C#N)c1CC. The zero-order valence-electron chi connectivity index (χ0n) is 12.2. The summed E-state index contributed by atoms with van der Waals surface area (Å²) in [5.74, 6) is 0.805. The number of nitrogens with one attached hydrogen (secondary N) is 1. The summed E-state index contributed by atoms with van der Waals surface area (Å²) in [5, 5.41) is 30.8. The standard InChI is InChI=1S/C15H22N4O/c1-3-11-12(8-16)15(19-18-13(11)4-2)17-9-10-6-5-7-14(10)20/h10,14,20H,3-7,9H2,1-2H3,(H,17,19). The first-order chi connectivity index (χ1) is 9.71. The molecule has 108 valence electrons. The minimum absolute atomic E-state index is 0.235. The summed E-state index contributed by atoms with van der Waals surface area (Å²) in [7, 11) is 0. The van der Waals surface area contributed by atoms with Gasteiger partial charge in [-0.1, -0.05) is 20.3 Å². The van der Waals surface area contributed by atoms with Crippen molar-refractivity contribution in [2.45, 2.75) is 52.1 Å². The monoisotopic (exact) mass is 274 g/mol. The van der Waals surface area contributed by atoms with Crippen molar-refractivity contribution in [3.63, 3.8) is 0 Å². The molecule has 20 heavy (non-hydrogen) atoms. The van der Waals surface area contributed by atoms with Crippen molar-refractivity contribution in [1.82, 2.24) is 10.2 Å². The van der Waals surface area contributed by atoms with E-state index in [1.165, 1.54) is 0 Å². The number of nitrogens with zero attached hydrogens (tertiary/aromatic N) is 3. The van der Waals surface area contributed by atoms with Crippen molar-refractivity contribution < 1.29 is 5.11 Å². The smallest absolute Gasteiger partial charge is 0.166 e. The van der Waals surface area contributed by atoms with Gasteiger partial charge in [-0.25, -0.2) is 0 Å². The molecule has 5 nitrogen and oxygen atoms in total. The normalized spacial score (nSPS) is 21.7. The Balaban J connectivity index is 2.17. The molecule has 2 unspecified atom stereocenters. The van der Waals surface area contributed by atoms with Gasteiger partial charge in [0.1, 0.15) is 11.6 Å². The summed E-state index contributed by atoms with van der Waals surface area (Å²) in [6, 6.07) is 2.25. The largest absolute Gasteiger partial charge is 0.393 e. The number of rotatable bonds is 5. The van der Waals surface area contributed by atoms with E-state index >= 15 is 0 Å². The fourth-order valence-electron chi connectivity index (χ4n) is 2.90. The number of aromatic nitrogens is 2. The van der Waals surface area contributed by atoms with Crippen LogP contribution in [0.4, 0.5) is 5.82 Å². The van der Waals surface area contributed by atoms with Crippen LogP contribution in [0.15, 0.2) is 0 Å². The van der Waals surface area contributed by atoms with Gasteiger partial charge in [0.2, 0.25) is 0 Å². The molecule has 0 aromatic carbocycles. The van der Waals surface area contributed by atoms with Crippen LogP contribution in [-0.4, -0.2) is 28.0 Å². The molecule has 1 fully saturated rings. The minimum Gasteiger partial charge on any atom is -0.393 e. The van der Waals surface area contributed by atoms with Gasteiger partial charge < -0.3 is 10.4 Å². The fourth-order valence-corrected chi connectivity index (χ4v) is 2.90. The van der Waals surface area contributed by atoms with Gasteiger partial charge in [-0.15, -0.1) is 5.10 Å². The van der Waals surface area contributed by atoms with Crippen LogP contribution in [-0.2, 0) is 12.8 Å². The number of aryl methyl sites for hydroxylation is 1. The van der Waals surface area contributed by atoms with E-state index in [2.05, 4.69) is 21.6 Å². The Labute approximate surface area is 120 Å². The summed E-state index contributed by atoms with van der Waals surface area (Å²) >= 11 is 0. The lowest BCUT2D eigenvalue weighted by atomic mass is 10.0. The molecular formula is C15H22N4O. The quantitative estimate of drug-likeness (QED) is 0.858. The third kappa shape index (κ3) is 2.91. The van der Waals surface area contributed by atoms with Crippen LogP contribution in [0.5, 0.6) is 0 Å². The van der Waals surface area contributed by atoms with Crippen LogP contribution in [0.2, 0.25) is 0 Å². The van der Waals surface area contributed by atoms with Crippen molar-refractivity contribution >= 4 is 5.82 Å². The molecule has 0 radical (unpaired) electrons. The molecule has 0 bridgehead atoms. The molecule has 0 aliphatic heterocycles. The van der Waals surface area contributed by atoms with Gasteiger partial charge in [-0.2, -0.15) is 10.4 Å². The third-order valence-electron chi connectivity index (χ3n) is 4.11. The summed E-state index contributed by atoms with van der Waals surface area (Å²) in [4.78, 5) is 0. The molecule has 0 saturated heterocycles. The Bertz CT molecular complexity index is 509. The highest BCUT2D eigenvalue weighted by Crippen LogP contribution is 2.26. The van der Waals surface area contributed by atoms with E-state index in [-0.39, 0.29) is 12.0 Å². The average Bonchev–Trinajstić information content (AvgIpc) is 2.89. The molecule has 1 aliphatic carbocycles. The van der Waals surface area contributed by atoms with Gasteiger partial charge in [-0.3, -0.25) is 0 Å². The Hall–Kier alpha value is -1.67. The van der Waals surface area contributed by atoms with Crippen LogP contribution in [0.1, 0.15) is 49.9 Å². The van der Waals surface area contributed by atoms with E-state index in [1.807, 2.05) is 13.8 Å². The summed E-state index contributed by atoms with van der Waals surface area (Å²) in [6.07, 6.45) is 4.30. The van der Waals surface area contributed by atoms with E-state index in [1.54, 1.807) is 0 Å². The maximum absolute atomic E-state index is 9.84. The molecule has 1 aromatic heterocycles. The Morgan fingerprint density at radius 2 is 2.10 bits per heavy atom. The molecule has 0 spiro atoms. The number of hydrogen-bond donors (Lipinski definition) is 2. The average molecular weight is 274 g/mol. The number of aliphatic hydroxyl groups excluding tert-OH is 1. The molecule has 2 N–H and O–H groups in total. The molecule has 1 aliphatic rings. The van der Waals surface area contributed by atoms with Crippen LogP contribution in [0.25, 0.3) is 0 Å². The number of anilines is 1. The van der Waals surface area contributed by atoms with E-state index in [4.69, 9.17) is 0 Å². The Morgan fingerprint density at radius 1 is 1.30 bits per heavy atom. The predicted octanol–water partition coefficient (Wildman–Crippen LogP) is 2.05. The van der Waals surface area contributed by atoms with Crippen molar-refractivity contribution in [3.8, 4) is 6.07 Å². The number of hydrogen-bond acceptors (Lipinski definition) is 5. The zero-order chi connectivity index (χ0) is 14.5. The second-order valence-corrected chi connectivity index (χ2v) is 5.31. The van der Waals surface area contributed by atoms with E-state index in [9.17, 15) is 10.4 Å². The maximum Gasteiger partial charge on any atom is 0.166 e. The molecular weight excluding hydrogens is 252 g/mol. The fraction of sp³-hybridized carbons (Fsp3) is 0.667. The maximum atomic E-state index is 9.84. The molecule has 2 atom stereocenters. The van der Waals surface area contributed by atoms with Gasteiger partial charge in [0, 0.05) is 12.5 Å². The van der Waals surface area contributed by atoms with Crippen molar-refractivity contribution in [2.75, 3.05) is 11.9 Å². The van der Waals surface area contributed by atoms with Gasteiger partial charge in [0.25, 0.3) is 0 Å². The van der Waals surface area contributed by atoms with Crippen molar-refractivity contribution in [2.24, 2.45) is 5.92 Å². The lowest BCUT2D eigenvalue weighted by Crippen LogP contribution is -2.23. The highest BCUT2D eigenvalue weighted by atomic mass is 16.3. The molecule has 1 aromatic rings. The topological polar surface area (TPSA) is 81.8 Å². The first-order valence-electron chi connectivity index (χ1n) is 7.41. The highest BCUT2D eigenvalue weighted by molar-refractivity contribution is 5.56. The molecule has 0 amide bonds. The Kier molecular flexibility index (Phi) is 4.91. The van der Waals surface area contributed by atoms with E-state index in [0.717, 1.165) is 43.4 Å².